The van der Waals surface area contributed by atoms with Gasteiger partial charge in [-0.2, -0.15) is 0 Å². The maximum atomic E-state index is 6.73. The maximum absolute atomic E-state index is 6.73. The third-order valence-corrected chi connectivity index (χ3v) is 12.7. The molecule has 0 aliphatic rings. The molecule has 13 rings (SSSR count). The molecule has 0 aliphatic carbocycles. The van der Waals surface area contributed by atoms with Crippen LogP contribution in [0.2, 0.25) is 0 Å². The van der Waals surface area contributed by atoms with Gasteiger partial charge in [0.15, 0.2) is 0 Å². The lowest BCUT2D eigenvalue weighted by Gasteiger charge is -2.13. The number of rotatable bonds is 8. The van der Waals surface area contributed by atoms with E-state index in [1.165, 1.54) is 0 Å². The van der Waals surface area contributed by atoms with Crippen molar-refractivity contribution in [1.82, 2.24) is 29.3 Å². The molecule has 7 nitrogen and oxygen atoms in total. The molecule has 0 unspecified atom stereocenters. The van der Waals surface area contributed by atoms with Gasteiger partial charge in [0, 0.05) is 43.8 Å². The van der Waals surface area contributed by atoms with Crippen molar-refractivity contribution in [2.45, 2.75) is 0 Å². The molecule has 0 bridgehead atoms. The molecule has 0 saturated heterocycles. The minimum Gasteiger partial charge on any atom is -0.416 e. The van der Waals surface area contributed by atoms with Gasteiger partial charge in [0.2, 0.25) is 11.8 Å². The van der Waals surface area contributed by atoms with Crippen molar-refractivity contribution < 1.29 is 4.42 Å². The predicted molar refractivity (Wildman–Crippen MR) is 271 cm³/mol. The molecule has 5 heterocycles. The minimum absolute atomic E-state index is 0.426. The zero-order chi connectivity index (χ0) is 44.3. The van der Waals surface area contributed by atoms with E-state index in [4.69, 9.17) is 24.6 Å². The van der Waals surface area contributed by atoms with E-state index >= 15 is 0 Å². The Morgan fingerprint density at radius 3 is 1.36 bits per heavy atom. The molecule has 0 amide bonds. The summed E-state index contributed by atoms with van der Waals surface area (Å²) in [5.74, 6) is 2.50. The van der Waals surface area contributed by atoms with Gasteiger partial charge in [-0.25, -0.2) is 9.97 Å². The highest BCUT2D eigenvalue weighted by atomic mass is 16.4. The topological polar surface area (TPSA) is 74.6 Å². The van der Waals surface area contributed by atoms with Crippen LogP contribution in [0.5, 0.6) is 0 Å². The Morgan fingerprint density at radius 1 is 0.299 bits per heavy atom. The number of pyridine rings is 2. The number of fused-ring (bicyclic) bond motifs is 6. The largest absolute Gasteiger partial charge is 0.416 e. The summed E-state index contributed by atoms with van der Waals surface area (Å²) in [5.41, 5.74) is 14.0. The molecule has 0 aliphatic heterocycles. The lowest BCUT2D eigenvalue weighted by Crippen LogP contribution is -2.00. The van der Waals surface area contributed by atoms with E-state index in [0.717, 1.165) is 111 Å². The lowest BCUT2D eigenvalue weighted by molar-refractivity contribution is 0.585. The average Bonchev–Trinajstić information content (AvgIpc) is 4.13. The first kappa shape index (κ1) is 38.3. The van der Waals surface area contributed by atoms with Crippen LogP contribution in [-0.4, -0.2) is 29.3 Å². The second-order valence-electron chi connectivity index (χ2n) is 16.7. The Labute approximate surface area is 385 Å². The van der Waals surface area contributed by atoms with Crippen molar-refractivity contribution in [1.29, 1.82) is 0 Å². The van der Waals surface area contributed by atoms with Crippen LogP contribution in [0.3, 0.4) is 0 Å². The second-order valence-corrected chi connectivity index (χ2v) is 16.7. The van der Waals surface area contributed by atoms with Crippen LogP contribution in [0.4, 0.5) is 0 Å². The van der Waals surface area contributed by atoms with E-state index in [0.29, 0.717) is 11.8 Å². The first-order valence-electron chi connectivity index (χ1n) is 22.4. The Bertz CT molecular complexity index is 3850. The molecule has 8 aromatic carbocycles. The number of para-hydroxylation sites is 2. The van der Waals surface area contributed by atoms with Gasteiger partial charge in [0.1, 0.15) is 11.6 Å². The molecule has 5 aromatic heterocycles. The van der Waals surface area contributed by atoms with Gasteiger partial charge < -0.3 is 4.42 Å². The predicted octanol–water partition coefficient (Wildman–Crippen LogP) is 15.1. The van der Waals surface area contributed by atoms with Crippen molar-refractivity contribution in [3.05, 3.63) is 231 Å². The first-order valence-corrected chi connectivity index (χ1v) is 22.4. The van der Waals surface area contributed by atoms with Crippen LogP contribution in [0.25, 0.3) is 123 Å². The number of hydrogen-bond acceptors (Lipinski definition) is 5. The normalized spacial score (nSPS) is 11.6. The molecule has 13 aromatic rings. The number of aromatic nitrogens is 6. The summed E-state index contributed by atoms with van der Waals surface area (Å²) < 4.78 is 11.2. The van der Waals surface area contributed by atoms with E-state index in [1.807, 2.05) is 24.3 Å². The standard InChI is InChI=1S/C60H38N6O/c1-5-18-39(19-6-1)44-34-50(41-22-9-3-10-23-41)61-56(37-44)65-53-30-16-14-27-48(53)58-49(28-17-31-54(58)65)60-64-63-59(67-60)43-32-33-47-46-26-13-15-29-52(46)66(55(47)36-43)57-38-45(40-20-7-2-8-21-40)35-51(62-57)42-24-11-4-12-25-42/h1-38H. The van der Waals surface area contributed by atoms with Gasteiger partial charge in [-0.3, -0.25) is 9.13 Å². The highest BCUT2D eigenvalue weighted by Gasteiger charge is 2.22. The van der Waals surface area contributed by atoms with E-state index in [2.05, 4.69) is 215 Å². The van der Waals surface area contributed by atoms with Gasteiger partial charge >= 0.3 is 0 Å². The van der Waals surface area contributed by atoms with E-state index in [1.54, 1.807) is 0 Å². The molecule has 0 N–H and O–H groups in total. The molecular weight excluding hydrogens is 821 g/mol. The summed E-state index contributed by atoms with van der Waals surface area (Å²) in [6, 6.07) is 80.0. The SMILES string of the molecule is c1ccc(-c2cc(-c3ccccc3)nc(-n3c4ccccc4c4ccc(-c5nnc(-c6cccc7c6c6ccccc6n7-c6cc(-c7ccccc7)cc(-c7ccccc7)n6)o5)cc43)c2)cc1. The van der Waals surface area contributed by atoms with Crippen LogP contribution in [-0.2, 0) is 0 Å². The van der Waals surface area contributed by atoms with Crippen molar-refractivity contribution >= 4 is 43.6 Å². The van der Waals surface area contributed by atoms with Crippen LogP contribution in [0, 0.1) is 0 Å². The molecular formula is C60H38N6O. The van der Waals surface area contributed by atoms with Crippen LogP contribution >= 0.6 is 0 Å². The van der Waals surface area contributed by atoms with Gasteiger partial charge in [-0.05, 0) is 82.9 Å². The summed E-state index contributed by atoms with van der Waals surface area (Å²) in [7, 11) is 0. The summed E-state index contributed by atoms with van der Waals surface area (Å²) in [4.78, 5) is 10.7. The quantitative estimate of drug-likeness (QED) is 0.152. The maximum Gasteiger partial charge on any atom is 0.248 e. The molecule has 67 heavy (non-hydrogen) atoms. The summed E-state index contributed by atoms with van der Waals surface area (Å²) >= 11 is 0. The first-order chi connectivity index (χ1) is 33.2. The molecule has 0 saturated carbocycles. The highest BCUT2D eigenvalue weighted by molar-refractivity contribution is 6.15. The van der Waals surface area contributed by atoms with Gasteiger partial charge in [0.05, 0.1) is 33.5 Å². The van der Waals surface area contributed by atoms with Crippen molar-refractivity contribution in [2.24, 2.45) is 0 Å². The van der Waals surface area contributed by atoms with Gasteiger partial charge in [-0.1, -0.05) is 170 Å². The monoisotopic (exact) mass is 858 g/mol. The summed E-state index contributed by atoms with van der Waals surface area (Å²) in [5, 5.41) is 13.8. The zero-order valence-electron chi connectivity index (χ0n) is 36.0. The van der Waals surface area contributed by atoms with Crippen LogP contribution in [0.1, 0.15) is 0 Å². The van der Waals surface area contributed by atoms with E-state index in [-0.39, 0.29) is 0 Å². The van der Waals surface area contributed by atoms with Crippen molar-refractivity contribution in [3.8, 4) is 79.3 Å². The molecule has 0 fully saturated rings. The Morgan fingerprint density at radius 2 is 0.761 bits per heavy atom. The Hall–Kier alpha value is -9.20. The fraction of sp³-hybridized carbons (Fsp3) is 0. The molecule has 0 spiro atoms. The third-order valence-electron chi connectivity index (χ3n) is 12.7. The number of nitrogens with zero attached hydrogens (tertiary/aromatic N) is 6. The van der Waals surface area contributed by atoms with E-state index < -0.39 is 0 Å². The van der Waals surface area contributed by atoms with Crippen molar-refractivity contribution in [2.75, 3.05) is 0 Å². The van der Waals surface area contributed by atoms with Crippen LogP contribution in [0.15, 0.2) is 235 Å². The summed E-state index contributed by atoms with van der Waals surface area (Å²) in [6.45, 7) is 0. The fourth-order valence-corrected chi connectivity index (χ4v) is 9.61. The average molecular weight is 859 g/mol. The van der Waals surface area contributed by atoms with Crippen LogP contribution < -0.4 is 0 Å². The highest BCUT2D eigenvalue weighted by Crippen LogP contribution is 2.41. The Balaban J connectivity index is 0.961. The fourth-order valence-electron chi connectivity index (χ4n) is 9.61. The number of benzene rings is 8. The molecule has 7 heteroatoms. The smallest absolute Gasteiger partial charge is 0.248 e. The molecule has 0 radical (unpaired) electrons. The second kappa shape index (κ2) is 15.8. The van der Waals surface area contributed by atoms with Gasteiger partial charge in [-0.15, -0.1) is 10.2 Å². The summed E-state index contributed by atoms with van der Waals surface area (Å²) in [6.07, 6.45) is 0. The minimum atomic E-state index is 0.426. The lowest BCUT2D eigenvalue weighted by atomic mass is 10.0. The zero-order valence-corrected chi connectivity index (χ0v) is 36.0. The number of hydrogen-bond donors (Lipinski definition) is 0. The van der Waals surface area contributed by atoms with Gasteiger partial charge in [0.25, 0.3) is 0 Å². The third kappa shape index (κ3) is 6.60. The van der Waals surface area contributed by atoms with E-state index in [9.17, 15) is 0 Å². The Kier molecular flexibility index (Phi) is 9.03. The molecule has 0 atom stereocenters. The van der Waals surface area contributed by atoms with Crippen molar-refractivity contribution in [3.63, 3.8) is 0 Å². The molecule has 314 valence electrons.